The maximum Gasteiger partial charge on any atom is 0.354 e. The number of carboxylic acids is 1. The Labute approximate surface area is 78.4 Å². The third kappa shape index (κ3) is 1.24. The Kier molecular flexibility index (Phi) is 1.77. The summed E-state index contributed by atoms with van der Waals surface area (Å²) >= 11 is 0. The van der Waals surface area contributed by atoms with Gasteiger partial charge in [-0.1, -0.05) is 0 Å². The number of aryl methyl sites for hydroxylation is 1. The van der Waals surface area contributed by atoms with Crippen molar-refractivity contribution in [2.75, 3.05) is 0 Å². The predicted octanol–water partition coefficient (Wildman–Crippen LogP) is -0.0966. The van der Waals surface area contributed by atoms with Gasteiger partial charge in [-0.05, 0) is 0 Å². The average molecular weight is 193 g/mol. The summed E-state index contributed by atoms with van der Waals surface area (Å²) in [5.74, 6) is -0.570. The minimum absolute atomic E-state index is 0.108. The standard InChI is InChI=1S/C7H7N5O2/c1-12-5(7(13)14)2-4(11-12)6-8-3-9-10-6/h2-3H,1H3,(H,13,14)(H,8,9,10). The van der Waals surface area contributed by atoms with Crippen molar-refractivity contribution < 1.29 is 9.90 Å². The fraction of sp³-hybridized carbons (Fsp3) is 0.143. The van der Waals surface area contributed by atoms with Crippen molar-refractivity contribution >= 4 is 5.97 Å². The average Bonchev–Trinajstić information content (AvgIpc) is 2.70. The molecule has 0 saturated heterocycles. The van der Waals surface area contributed by atoms with Gasteiger partial charge in [0.1, 0.15) is 17.7 Å². The molecule has 2 rings (SSSR count). The first kappa shape index (κ1) is 8.42. The summed E-state index contributed by atoms with van der Waals surface area (Å²) in [6, 6.07) is 1.43. The highest BCUT2D eigenvalue weighted by molar-refractivity contribution is 5.86. The summed E-state index contributed by atoms with van der Waals surface area (Å²) in [5, 5.41) is 19.0. The predicted molar refractivity (Wildman–Crippen MR) is 45.5 cm³/mol. The first-order valence-corrected chi connectivity index (χ1v) is 3.81. The zero-order valence-corrected chi connectivity index (χ0v) is 7.30. The summed E-state index contributed by atoms with van der Waals surface area (Å²) in [4.78, 5) is 14.6. The van der Waals surface area contributed by atoms with Crippen LogP contribution in [0.4, 0.5) is 0 Å². The molecular weight excluding hydrogens is 186 g/mol. The molecule has 0 spiro atoms. The van der Waals surface area contributed by atoms with E-state index in [-0.39, 0.29) is 5.69 Å². The number of rotatable bonds is 2. The minimum atomic E-state index is -1.02. The lowest BCUT2D eigenvalue weighted by atomic mass is 10.3. The van der Waals surface area contributed by atoms with Crippen molar-refractivity contribution in [3.05, 3.63) is 18.1 Å². The summed E-state index contributed by atoms with van der Waals surface area (Å²) in [6.45, 7) is 0. The van der Waals surface area contributed by atoms with Gasteiger partial charge in [-0.25, -0.2) is 9.78 Å². The van der Waals surface area contributed by atoms with Crippen LogP contribution >= 0.6 is 0 Å². The van der Waals surface area contributed by atoms with Gasteiger partial charge in [0.2, 0.25) is 0 Å². The number of nitrogens with one attached hydrogen (secondary N) is 1. The second-order valence-corrected chi connectivity index (χ2v) is 2.68. The molecule has 2 aromatic rings. The number of carboxylic acid groups (broad SMARTS) is 1. The topological polar surface area (TPSA) is 96.7 Å². The van der Waals surface area contributed by atoms with Gasteiger partial charge in [0.15, 0.2) is 5.82 Å². The highest BCUT2D eigenvalue weighted by Crippen LogP contribution is 2.12. The number of hydrogen-bond acceptors (Lipinski definition) is 4. The second-order valence-electron chi connectivity index (χ2n) is 2.68. The van der Waals surface area contributed by atoms with Crippen molar-refractivity contribution in [1.29, 1.82) is 0 Å². The van der Waals surface area contributed by atoms with Gasteiger partial charge in [0.25, 0.3) is 0 Å². The van der Waals surface area contributed by atoms with Crippen LogP contribution in [0, 0.1) is 0 Å². The summed E-state index contributed by atoms with van der Waals surface area (Å²) < 4.78 is 1.28. The highest BCUT2D eigenvalue weighted by atomic mass is 16.4. The van der Waals surface area contributed by atoms with Gasteiger partial charge in [-0.2, -0.15) is 10.2 Å². The van der Waals surface area contributed by atoms with Crippen LogP contribution in [0.15, 0.2) is 12.4 Å². The fourth-order valence-corrected chi connectivity index (χ4v) is 1.11. The number of nitrogens with zero attached hydrogens (tertiary/aromatic N) is 4. The van der Waals surface area contributed by atoms with E-state index in [1.807, 2.05) is 0 Å². The van der Waals surface area contributed by atoms with E-state index in [1.165, 1.54) is 17.1 Å². The van der Waals surface area contributed by atoms with Gasteiger partial charge < -0.3 is 5.11 Å². The van der Waals surface area contributed by atoms with Crippen molar-refractivity contribution in [2.45, 2.75) is 0 Å². The zero-order valence-electron chi connectivity index (χ0n) is 7.30. The van der Waals surface area contributed by atoms with E-state index in [1.54, 1.807) is 7.05 Å². The van der Waals surface area contributed by atoms with Crippen LogP contribution in [0.1, 0.15) is 10.5 Å². The van der Waals surface area contributed by atoms with Crippen LogP contribution in [0.5, 0.6) is 0 Å². The van der Waals surface area contributed by atoms with Gasteiger partial charge in [0, 0.05) is 13.1 Å². The molecule has 14 heavy (non-hydrogen) atoms. The molecule has 0 saturated carbocycles. The number of aromatic carboxylic acids is 1. The lowest BCUT2D eigenvalue weighted by molar-refractivity contribution is 0.0685. The van der Waals surface area contributed by atoms with Crippen molar-refractivity contribution in [2.24, 2.45) is 7.05 Å². The smallest absolute Gasteiger partial charge is 0.354 e. The van der Waals surface area contributed by atoms with Gasteiger partial charge >= 0.3 is 5.97 Å². The monoisotopic (exact) mass is 193 g/mol. The number of aromatic nitrogens is 5. The van der Waals surface area contributed by atoms with E-state index in [0.29, 0.717) is 11.5 Å². The third-order valence-electron chi connectivity index (χ3n) is 1.76. The second kappa shape index (κ2) is 2.95. The highest BCUT2D eigenvalue weighted by Gasteiger charge is 2.13. The van der Waals surface area contributed by atoms with Gasteiger partial charge in [0.05, 0.1) is 0 Å². The molecule has 0 radical (unpaired) electrons. The third-order valence-corrected chi connectivity index (χ3v) is 1.76. The number of aromatic amines is 1. The first-order valence-electron chi connectivity index (χ1n) is 3.81. The molecule has 2 N–H and O–H groups in total. The molecular formula is C7H7N5O2. The fourth-order valence-electron chi connectivity index (χ4n) is 1.11. The molecule has 0 aliphatic carbocycles. The molecule has 7 heteroatoms. The van der Waals surface area contributed by atoms with E-state index in [2.05, 4.69) is 20.3 Å². The Morgan fingerprint density at radius 3 is 2.93 bits per heavy atom. The Balaban J connectivity index is 2.48. The van der Waals surface area contributed by atoms with Crippen LogP contribution in [0.25, 0.3) is 11.5 Å². The Hall–Kier alpha value is -2.18. The van der Waals surface area contributed by atoms with E-state index in [9.17, 15) is 4.79 Å². The lowest BCUT2D eigenvalue weighted by Crippen LogP contribution is -2.04. The number of H-pyrrole nitrogens is 1. The molecule has 0 aromatic carbocycles. The Bertz CT molecular complexity index is 458. The molecule has 72 valence electrons. The van der Waals surface area contributed by atoms with E-state index in [4.69, 9.17) is 5.11 Å². The summed E-state index contributed by atoms with van der Waals surface area (Å²) in [7, 11) is 1.56. The van der Waals surface area contributed by atoms with Crippen molar-refractivity contribution in [3.8, 4) is 11.5 Å². The van der Waals surface area contributed by atoms with Crippen LogP contribution in [-0.2, 0) is 7.05 Å². The number of hydrogen-bond donors (Lipinski definition) is 2. The summed E-state index contributed by atoms with van der Waals surface area (Å²) in [5.41, 5.74) is 0.568. The minimum Gasteiger partial charge on any atom is -0.477 e. The molecule has 0 atom stereocenters. The maximum absolute atomic E-state index is 10.7. The Morgan fingerprint density at radius 1 is 1.64 bits per heavy atom. The molecule has 2 aromatic heterocycles. The normalized spacial score (nSPS) is 10.4. The van der Waals surface area contributed by atoms with Crippen LogP contribution in [0.3, 0.4) is 0 Å². The largest absolute Gasteiger partial charge is 0.477 e. The van der Waals surface area contributed by atoms with Crippen LogP contribution in [-0.4, -0.2) is 36.0 Å². The molecule has 0 unspecified atom stereocenters. The molecule has 0 aliphatic rings. The molecule has 2 heterocycles. The number of carbonyl (C=O) groups is 1. The van der Waals surface area contributed by atoms with Crippen molar-refractivity contribution in [1.82, 2.24) is 25.0 Å². The maximum atomic E-state index is 10.7. The Morgan fingerprint density at radius 2 is 2.43 bits per heavy atom. The van der Waals surface area contributed by atoms with Crippen LogP contribution in [0.2, 0.25) is 0 Å². The first-order chi connectivity index (χ1) is 6.68. The molecule has 0 aliphatic heterocycles. The quantitative estimate of drug-likeness (QED) is 0.694. The van der Waals surface area contributed by atoms with E-state index in [0.717, 1.165) is 0 Å². The van der Waals surface area contributed by atoms with E-state index >= 15 is 0 Å². The SMILES string of the molecule is Cn1nc(-c2ncn[nH]2)cc1C(=O)O. The molecule has 7 nitrogen and oxygen atoms in total. The van der Waals surface area contributed by atoms with E-state index < -0.39 is 5.97 Å². The molecule has 0 amide bonds. The molecule has 0 fully saturated rings. The molecule has 0 bridgehead atoms. The van der Waals surface area contributed by atoms with Crippen LogP contribution < -0.4 is 0 Å². The zero-order chi connectivity index (χ0) is 10.1. The summed E-state index contributed by atoms with van der Waals surface area (Å²) in [6.07, 6.45) is 1.34. The van der Waals surface area contributed by atoms with Crippen molar-refractivity contribution in [3.63, 3.8) is 0 Å². The van der Waals surface area contributed by atoms with Gasteiger partial charge in [-0.15, -0.1) is 0 Å². The van der Waals surface area contributed by atoms with Gasteiger partial charge in [-0.3, -0.25) is 9.78 Å². The lowest BCUT2D eigenvalue weighted by Gasteiger charge is -1.91.